The molecule has 2 rings (SSSR count). The first-order valence-corrected chi connectivity index (χ1v) is 6.66. The van der Waals surface area contributed by atoms with Crippen molar-refractivity contribution in [2.75, 3.05) is 27.3 Å². The van der Waals surface area contributed by atoms with Gasteiger partial charge in [-0.2, -0.15) is 0 Å². The van der Waals surface area contributed by atoms with E-state index < -0.39 is 0 Å². The van der Waals surface area contributed by atoms with Crippen molar-refractivity contribution >= 4 is 0 Å². The molecule has 0 bridgehead atoms. The standard InChI is InChI=1S/C15H20N2O3/c1-4-16-8-7-15-17-10-14(20-15)11-5-6-12(18-2)13(9-11)19-3/h5-6,9-10,16H,4,7-8H2,1-3H3. The van der Waals surface area contributed by atoms with E-state index in [1.807, 2.05) is 18.2 Å². The number of benzene rings is 1. The average Bonchev–Trinajstić information content (AvgIpc) is 2.95. The Morgan fingerprint density at radius 2 is 2.00 bits per heavy atom. The van der Waals surface area contributed by atoms with Gasteiger partial charge in [0.1, 0.15) is 0 Å². The van der Waals surface area contributed by atoms with Gasteiger partial charge in [-0.3, -0.25) is 0 Å². The number of ether oxygens (including phenoxy) is 2. The first kappa shape index (κ1) is 14.4. The summed E-state index contributed by atoms with van der Waals surface area (Å²) in [5.74, 6) is 2.84. The van der Waals surface area contributed by atoms with Gasteiger partial charge in [0.15, 0.2) is 23.1 Å². The second kappa shape index (κ2) is 6.96. The van der Waals surface area contributed by atoms with E-state index in [2.05, 4.69) is 17.2 Å². The van der Waals surface area contributed by atoms with E-state index in [0.717, 1.165) is 36.7 Å². The molecule has 1 N–H and O–H groups in total. The van der Waals surface area contributed by atoms with Gasteiger partial charge in [0.2, 0.25) is 0 Å². The van der Waals surface area contributed by atoms with Crippen molar-refractivity contribution in [3.8, 4) is 22.8 Å². The smallest absolute Gasteiger partial charge is 0.196 e. The van der Waals surface area contributed by atoms with Crippen LogP contribution in [0.15, 0.2) is 28.8 Å². The molecule has 1 heterocycles. The molecule has 1 aromatic heterocycles. The molecule has 0 unspecified atom stereocenters. The molecule has 0 spiro atoms. The van der Waals surface area contributed by atoms with Crippen LogP contribution in [0.2, 0.25) is 0 Å². The SMILES string of the molecule is CCNCCc1ncc(-c2ccc(OC)c(OC)c2)o1. The topological polar surface area (TPSA) is 56.5 Å². The van der Waals surface area contributed by atoms with Gasteiger partial charge in [0.25, 0.3) is 0 Å². The highest BCUT2D eigenvalue weighted by Gasteiger charge is 2.10. The second-order valence-corrected chi connectivity index (χ2v) is 4.29. The number of hydrogen-bond donors (Lipinski definition) is 1. The fraction of sp³-hybridized carbons (Fsp3) is 0.400. The molecule has 5 heteroatoms. The lowest BCUT2D eigenvalue weighted by molar-refractivity contribution is 0.355. The van der Waals surface area contributed by atoms with Gasteiger partial charge in [-0.1, -0.05) is 6.92 Å². The maximum absolute atomic E-state index is 5.74. The minimum Gasteiger partial charge on any atom is -0.493 e. The van der Waals surface area contributed by atoms with Crippen LogP contribution in [-0.2, 0) is 6.42 Å². The molecule has 0 atom stereocenters. The van der Waals surface area contributed by atoms with Gasteiger partial charge >= 0.3 is 0 Å². The Kier molecular flexibility index (Phi) is 5.01. The van der Waals surface area contributed by atoms with Crippen molar-refractivity contribution in [2.24, 2.45) is 0 Å². The fourth-order valence-corrected chi connectivity index (χ4v) is 1.92. The van der Waals surface area contributed by atoms with E-state index in [9.17, 15) is 0 Å². The minimum absolute atomic E-state index is 0.676. The van der Waals surface area contributed by atoms with Crippen molar-refractivity contribution in [3.05, 3.63) is 30.3 Å². The number of methoxy groups -OCH3 is 2. The van der Waals surface area contributed by atoms with Crippen LogP contribution in [0.25, 0.3) is 11.3 Å². The van der Waals surface area contributed by atoms with Crippen LogP contribution in [-0.4, -0.2) is 32.3 Å². The van der Waals surface area contributed by atoms with Gasteiger partial charge < -0.3 is 19.2 Å². The molecular formula is C15H20N2O3. The predicted molar refractivity (Wildman–Crippen MR) is 77.3 cm³/mol. The molecule has 108 valence electrons. The first-order valence-electron chi connectivity index (χ1n) is 6.66. The number of nitrogens with zero attached hydrogens (tertiary/aromatic N) is 1. The summed E-state index contributed by atoms with van der Waals surface area (Å²) in [5, 5.41) is 3.24. The van der Waals surface area contributed by atoms with E-state index in [4.69, 9.17) is 13.9 Å². The normalized spacial score (nSPS) is 10.6. The van der Waals surface area contributed by atoms with Crippen LogP contribution in [0.5, 0.6) is 11.5 Å². The Bertz CT molecular complexity index is 552. The molecule has 0 aliphatic heterocycles. The Morgan fingerprint density at radius 3 is 2.70 bits per heavy atom. The van der Waals surface area contributed by atoms with Gasteiger partial charge in [0, 0.05) is 18.5 Å². The van der Waals surface area contributed by atoms with Crippen molar-refractivity contribution in [1.82, 2.24) is 10.3 Å². The van der Waals surface area contributed by atoms with Gasteiger partial charge in [-0.05, 0) is 24.7 Å². The minimum atomic E-state index is 0.676. The predicted octanol–water partition coefficient (Wildman–Crippen LogP) is 2.51. The summed E-state index contributed by atoms with van der Waals surface area (Å²) in [6.07, 6.45) is 2.52. The highest BCUT2D eigenvalue weighted by atomic mass is 16.5. The molecule has 0 aliphatic carbocycles. The molecule has 1 aromatic carbocycles. The van der Waals surface area contributed by atoms with Crippen LogP contribution < -0.4 is 14.8 Å². The van der Waals surface area contributed by atoms with Crippen molar-refractivity contribution in [3.63, 3.8) is 0 Å². The van der Waals surface area contributed by atoms with Crippen molar-refractivity contribution in [1.29, 1.82) is 0 Å². The average molecular weight is 276 g/mol. The number of rotatable bonds is 7. The molecule has 0 amide bonds. The number of nitrogens with one attached hydrogen (secondary N) is 1. The third kappa shape index (κ3) is 3.30. The second-order valence-electron chi connectivity index (χ2n) is 4.29. The summed E-state index contributed by atoms with van der Waals surface area (Å²) in [5.41, 5.74) is 0.921. The summed E-state index contributed by atoms with van der Waals surface area (Å²) >= 11 is 0. The lowest BCUT2D eigenvalue weighted by atomic mass is 10.1. The first-order chi connectivity index (χ1) is 9.78. The molecule has 5 nitrogen and oxygen atoms in total. The Morgan fingerprint density at radius 1 is 1.20 bits per heavy atom. The fourth-order valence-electron chi connectivity index (χ4n) is 1.92. The van der Waals surface area contributed by atoms with E-state index in [-0.39, 0.29) is 0 Å². The van der Waals surface area contributed by atoms with E-state index in [0.29, 0.717) is 11.5 Å². The van der Waals surface area contributed by atoms with Crippen LogP contribution in [0.3, 0.4) is 0 Å². The molecule has 0 fully saturated rings. The third-order valence-electron chi connectivity index (χ3n) is 2.99. The van der Waals surface area contributed by atoms with E-state index in [1.54, 1.807) is 20.4 Å². The zero-order valence-corrected chi connectivity index (χ0v) is 12.1. The van der Waals surface area contributed by atoms with Gasteiger partial charge in [-0.15, -0.1) is 0 Å². The summed E-state index contributed by atoms with van der Waals surface area (Å²) in [6, 6.07) is 5.67. The summed E-state index contributed by atoms with van der Waals surface area (Å²) < 4.78 is 16.2. The number of oxazole rings is 1. The quantitative estimate of drug-likeness (QED) is 0.787. The van der Waals surface area contributed by atoms with Crippen molar-refractivity contribution < 1.29 is 13.9 Å². The number of aromatic nitrogens is 1. The summed E-state index contributed by atoms with van der Waals surface area (Å²) in [6.45, 7) is 3.89. The monoisotopic (exact) mass is 276 g/mol. The lowest BCUT2D eigenvalue weighted by Crippen LogP contribution is -2.16. The largest absolute Gasteiger partial charge is 0.493 e. The number of hydrogen-bond acceptors (Lipinski definition) is 5. The third-order valence-corrected chi connectivity index (χ3v) is 2.99. The zero-order valence-electron chi connectivity index (χ0n) is 12.1. The maximum atomic E-state index is 5.74. The molecule has 0 saturated heterocycles. The van der Waals surface area contributed by atoms with Crippen LogP contribution in [0.1, 0.15) is 12.8 Å². The van der Waals surface area contributed by atoms with E-state index in [1.165, 1.54) is 0 Å². The molecule has 0 radical (unpaired) electrons. The van der Waals surface area contributed by atoms with Crippen LogP contribution >= 0.6 is 0 Å². The Balaban J connectivity index is 2.15. The lowest BCUT2D eigenvalue weighted by Gasteiger charge is -2.08. The molecule has 0 aliphatic rings. The highest BCUT2D eigenvalue weighted by Crippen LogP contribution is 2.32. The van der Waals surface area contributed by atoms with Gasteiger partial charge in [0.05, 0.1) is 20.4 Å². The summed E-state index contributed by atoms with van der Waals surface area (Å²) in [7, 11) is 3.23. The maximum Gasteiger partial charge on any atom is 0.196 e. The van der Waals surface area contributed by atoms with E-state index >= 15 is 0 Å². The molecule has 0 saturated carbocycles. The molecule has 20 heavy (non-hydrogen) atoms. The summed E-state index contributed by atoms with van der Waals surface area (Å²) in [4.78, 5) is 4.28. The molecular weight excluding hydrogens is 256 g/mol. The van der Waals surface area contributed by atoms with Crippen molar-refractivity contribution in [2.45, 2.75) is 13.3 Å². The Hall–Kier alpha value is -2.01. The number of likely N-dealkylation sites (N-methyl/N-ethyl adjacent to an activating group) is 1. The Labute approximate surface area is 118 Å². The molecule has 2 aromatic rings. The van der Waals surface area contributed by atoms with Crippen LogP contribution in [0.4, 0.5) is 0 Å². The highest BCUT2D eigenvalue weighted by molar-refractivity contribution is 5.62. The zero-order chi connectivity index (χ0) is 14.4. The van der Waals surface area contributed by atoms with Crippen LogP contribution in [0, 0.1) is 0 Å². The van der Waals surface area contributed by atoms with Gasteiger partial charge in [-0.25, -0.2) is 4.98 Å².